The summed E-state index contributed by atoms with van der Waals surface area (Å²) in [7, 11) is 4.73. The smallest absolute Gasteiger partial charge is 0.330 e. The molecule has 0 spiro atoms. The van der Waals surface area contributed by atoms with Gasteiger partial charge in [0.1, 0.15) is 5.82 Å². The fourth-order valence-corrected chi connectivity index (χ4v) is 3.06. The van der Waals surface area contributed by atoms with Crippen LogP contribution in [-0.4, -0.2) is 27.4 Å². The molecule has 132 valence electrons. The van der Waals surface area contributed by atoms with Gasteiger partial charge in [-0.2, -0.15) is 0 Å². The Morgan fingerprint density at radius 3 is 2.40 bits per heavy atom. The highest BCUT2D eigenvalue weighted by molar-refractivity contribution is 5.93. The Kier molecular flexibility index (Phi) is 4.59. The molecule has 3 rings (SSSR count). The zero-order valence-corrected chi connectivity index (χ0v) is 14.5. The van der Waals surface area contributed by atoms with Crippen molar-refractivity contribution in [1.29, 1.82) is 0 Å². The number of rotatable bonds is 5. The second-order valence-electron chi connectivity index (χ2n) is 5.99. The minimum Gasteiger partial charge on any atom is -0.385 e. The third kappa shape index (κ3) is 2.91. The van der Waals surface area contributed by atoms with Gasteiger partial charge in [-0.25, -0.2) is 9.18 Å². The molecule has 0 saturated heterocycles. The predicted molar refractivity (Wildman–Crippen MR) is 94.3 cm³/mol. The number of aromatic nitrogens is 3. The maximum Gasteiger partial charge on any atom is 0.330 e. The molecule has 0 aliphatic carbocycles. The monoisotopic (exact) mass is 345 g/mol. The summed E-state index contributed by atoms with van der Waals surface area (Å²) in [5.41, 5.74) is 1.23. The van der Waals surface area contributed by atoms with Gasteiger partial charge in [-0.15, -0.1) is 0 Å². The SMILES string of the molecule is COCCCn1cc2c(c1-c1ccc(F)cc1)c(=O)n(C)c(=O)n2C. The molecule has 25 heavy (non-hydrogen) atoms. The average Bonchev–Trinajstić information content (AvgIpc) is 2.99. The molecule has 3 aromatic rings. The van der Waals surface area contributed by atoms with E-state index in [0.29, 0.717) is 29.7 Å². The summed E-state index contributed by atoms with van der Waals surface area (Å²) in [6.45, 7) is 1.20. The van der Waals surface area contributed by atoms with Crippen LogP contribution in [0.3, 0.4) is 0 Å². The summed E-state index contributed by atoms with van der Waals surface area (Å²) in [4.78, 5) is 25.0. The van der Waals surface area contributed by atoms with E-state index in [0.717, 1.165) is 16.6 Å². The summed E-state index contributed by atoms with van der Waals surface area (Å²) in [5, 5.41) is 0.452. The molecule has 0 aliphatic rings. The number of aryl methyl sites for hydroxylation is 2. The summed E-state index contributed by atoms with van der Waals surface area (Å²) in [5.74, 6) is -0.342. The highest BCUT2D eigenvalue weighted by Crippen LogP contribution is 2.28. The van der Waals surface area contributed by atoms with Gasteiger partial charge in [0.25, 0.3) is 5.56 Å². The number of halogens is 1. The Bertz CT molecular complexity index is 1030. The van der Waals surface area contributed by atoms with Gasteiger partial charge < -0.3 is 9.30 Å². The predicted octanol–water partition coefficient (Wildman–Crippen LogP) is 1.88. The van der Waals surface area contributed by atoms with Gasteiger partial charge in [0, 0.05) is 40.6 Å². The summed E-state index contributed by atoms with van der Waals surface area (Å²) >= 11 is 0. The molecule has 0 aliphatic heterocycles. The van der Waals surface area contributed by atoms with Crippen molar-refractivity contribution in [2.24, 2.45) is 14.1 Å². The zero-order valence-electron chi connectivity index (χ0n) is 14.5. The van der Waals surface area contributed by atoms with Crippen LogP contribution in [0.4, 0.5) is 4.39 Å². The molecule has 0 atom stereocenters. The van der Waals surface area contributed by atoms with Gasteiger partial charge in [0.2, 0.25) is 0 Å². The first kappa shape index (κ1) is 17.2. The zero-order chi connectivity index (χ0) is 18.1. The van der Waals surface area contributed by atoms with E-state index in [9.17, 15) is 14.0 Å². The molecule has 0 saturated carbocycles. The van der Waals surface area contributed by atoms with Crippen molar-refractivity contribution >= 4 is 10.9 Å². The number of hydrogen-bond donors (Lipinski definition) is 0. The van der Waals surface area contributed by atoms with Crippen molar-refractivity contribution in [1.82, 2.24) is 13.7 Å². The number of ether oxygens (including phenoxy) is 1. The van der Waals surface area contributed by atoms with Crippen LogP contribution in [0.2, 0.25) is 0 Å². The minimum absolute atomic E-state index is 0.342. The normalized spacial score (nSPS) is 11.4. The van der Waals surface area contributed by atoms with Crippen molar-refractivity contribution in [3.63, 3.8) is 0 Å². The molecule has 0 radical (unpaired) electrons. The lowest BCUT2D eigenvalue weighted by atomic mass is 10.1. The second-order valence-corrected chi connectivity index (χ2v) is 5.99. The molecule has 0 fully saturated rings. The molecule has 7 heteroatoms. The molecule has 0 N–H and O–H groups in total. The van der Waals surface area contributed by atoms with Crippen LogP contribution in [0.25, 0.3) is 22.2 Å². The fraction of sp³-hybridized carbons (Fsp3) is 0.333. The lowest BCUT2D eigenvalue weighted by molar-refractivity contribution is 0.190. The average molecular weight is 345 g/mol. The number of methoxy groups -OCH3 is 1. The molecular formula is C18H20FN3O3. The van der Waals surface area contributed by atoms with Gasteiger partial charge in [-0.1, -0.05) is 0 Å². The molecule has 2 heterocycles. The molecule has 2 aromatic heterocycles. The van der Waals surface area contributed by atoms with E-state index < -0.39 is 0 Å². The molecule has 6 nitrogen and oxygen atoms in total. The first-order chi connectivity index (χ1) is 12.0. The van der Waals surface area contributed by atoms with Crippen LogP contribution < -0.4 is 11.2 Å². The molecule has 1 aromatic carbocycles. The van der Waals surface area contributed by atoms with Crippen molar-refractivity contribution in [2.75, 3.05) is 13.7 Å². The van der Waals surface area contributed by atoms with E-state index in [4.69, 9.17) is 4.74 Å². The third-order valence-corrected chi connectivity index (χ3v) is 4.38. The summed E-state index contributed by atoms with van der Waals surface area (Å²) < 4.78 is 22.9. The first-order valence-corrected chi connectivity index (χ1v) is 7.99. The van der Waals surface area contributed by atoms with Crippen LogP contribution in [0, 0.1) is 5.82 Å². The van der Waals surface area contributed by atoms with Crippen molar-refractivity contribution in [2.45, 2.75) is 13.0 Å². The van der Waals surface area contributed by atoms with E-state index in [1.807, 2.05) is 4.57 Å². The summed E-state index contributed by atoms with van der Waals surface area (Å²) in [6, 6.07) is 6.00. The largest absolute Gasteiger partial charge is 0.385 e. The highest BCUT2D eigenvalue weighted by Gasteiger charge is 2.19. The Labute approximate surface area is 143 Å². The number of benzene rings is 1. The van der Waals surface area contributed by atoms with Crippen molar-refractivity contribution < 1.29 is 9.13 Å². The van der Waals surface area contributed by atoms with Gasteiger partial charge >= 0.3 is 5.69 Å². The van der Waals surface area contributed by atoms with E-state index >= 15 is 0 Å². The number of fused-ring (bicyclic) bond motifs is 1. The lowest BCUT2D eigenvalue weighted by Crippen LogP contribution is -2.36. The standard InChI is InChI=1S/C18H20FN3O3/c1-20-14-11-22(9-4-10-25-3)16(12-5-7-13(19)8-6-12)15(14)17(23)21(2)18(20)24/h5-8,11H,4,9-10H2,1-3H3. The lowest BCUT2D eigenvalue weighted by Gasteiger charge is -2.10. The van der Waals surface area contributed by atoms with Crippen molar-refractivity contribution in [3.8, 4) is 11.3 Å². The van der Waals surface area contributed by atoms with Crippen LogP contribution >= 0.6 is 0 Å². The third-order valence-electron chi connectivity index (χ3n) is 4.38. The van der Waals surface area contributed by atoms with Gasteiger partial charge in [-0.3, -0.25) is 13.9 Å². The van der Waals surface area contributed by atoms with Gasteiger partial charge in [0.05, 0.1) is 16.6 Å². The van der Waals surface area contributed by atoms with Gasteiger partial charge in [-0.05, 0) is 36.2 Å². The molecule has 0 unspecified atom stereocenters. The number of hydrogen-bond acceptors (Lipinski definition) is 3. The van der Waals surface area contributed by atoms with Crippen LogP contribution in [-0.2, 0) is 25.4 Å². The second kappa shape index (κ2) is 6.68. The van der Waals surface area contributed by atoms with E-state index in [-0.39, 0.29) is 17.1 Å². The Morgan fingerprint density at radius 1 is 1.08 bits per heavy atom. The molecule has 0 bridgehead atoms. The van der Waals surface area contributed by atoms with E-state index in [2.05, 4.69) is 0 Å². The molecular weight excluding hydrogens is 325 g/mol. The topological polar surface area (TPSA) is 58.2 Å². The van der Waals surface area contributed by atoms with E-state index in [1.54, 1.807) is 32.5 Å². The maximum absolute atomic E-state index is 13.3. The Hall–Kier alpha value is -2.67. The van der Waals surface area contributed by atoms with Crippen LogP contribution in [0.15, 0.2) is 40.1 Å². The number of nitrogens with zero attached hydrogens (tertiary/aromatic N) is 3. The Balaban J connectivity index is 2.33. The fourth-order valence-electron chi connectivity index (χ4n) is 3.06. The quantitative estimate of drug-likeness (QED) is 0.664. The molecule has 0 amide bonds. The van der Waals surface area contributed by atoms with Crippen molar-refractivity contribution in [3.05, 3.63) is 57.1 Å². The van der Waals surface area contributed by atoms with Crippen LogP contribution in [0.5, 0.6) is 0 Å². The van der Waals surface area contributed by atoms with Crippen LogP contribution in [0.1, 0.15) is 6.42 Å². The maximum atomic E-state index is 13.3. The van der Waals surface area contributed by atoms with E-state index in [1.165, 1.54) is 23.7 Å². The Morgan fingerprint density at radius 2 is 1.76 bits per heavy atom. The van der Waals surface area contributed by atoms with Gasteiger partial charge in [0.15, 0.2) is 0 Å². The summed E-state index contributed by atoms with van der Waals surface area (Å²) in [6.07, 6.45) is 2.55. The first-order valence-electron chi connectivity index (χ1n) is 7.99. The highest BCUT2D eigenvalue weighted by atomic mass is 19.1. The minimum atomic E-state index is -0.378.